The summed E-state index contributed by atoms with van der Waals surface area (Å²) in [6.07, 6.45) is 6.48. The van der Waals surface area contributed by atoms with Gasteiger partial charge in [-0.3, -0.25) is 0 Å². The lowest BCUT2D eigenvalue weighted by molar-refractivity contribution is 0.161. The van der Waals surface area contributed by atoms with Crippen molar-refractivity contribution >= 4 is 0 Å². The smallest absolute Gasteiger partial charge is 0.204 e. The molecule has 0 saturated carbocycles. The van der Waals surface area contributed by atoms with Crippen molar-refractivity contribution in [3.63, 3.8) is 0 Å². The molecule has 0 aliphatic carbocycles. The Morgan fingerprint density at radius 3 is 2.29 bits per heavy atom. The van der Waals surface area contributed by atoms with E-state index in [9.17, 15) is 0 Å². The fraction of sp³-hybridized carbons (Fsp3) is 0.478. The lowest BCUT2D eigenvalue weighted by Crippen LogP contribution is -2.23. The Balaban J connectivity index is 2.06. The summed E-state index contributed by atoms with van der Waals surface area (Å²) in [5, 5.41) is 0. The number of ether oxygens (including phenoxy) is 5. The number of fused-ring (bicyclic) bond motifs is 4. The van der Waals surface area contributed by atoms with Crippen molar-refractivity contribution < 1.29 is 23.7 Å². The van der Waals surface area contributed by atoms with Crippen LogP contribution in [0, 0.1) is 0 Å². The van der Waals surface area contributed by atoms with E-state index in [1.807, 2.05) is 6.07 Å². The summed E-state index contributed by atoms with van der Waals surface area (Å²) in [5.74, 6) is 3.68. The van der Waals surface area contributed by atoms with Crippen molar-refractivity contribution in [3.8, 4) is 39.9 Å². The molecule has 0 spiro atoms. The molecule has 0 radical (unpaired) electrons. The summed E-state index contributed by atoms with van der Waals surface area (Å²) in [4.78, 5) is 0. The van der Waals surface area contributed by atoms with Crippen molar-refractivity contribution in [2.75, 3.05) is 28.4 Å². The first kappa shape index (κ1) is 18.8. The number of hydrogen-bond donors (Lipinski definition) is 0. The third kappa shape index (κ3) is 3.03. The monoisotopic (exact) mass is 384 g/mol. The Hall–Kier alpha value is -2.56. The molecule has 0 fully saturated rings. The van der Waals surface area contributed by atoms with Crippen LogP contribution in [0.2, 0.25) is 0 Å². The second kappa shape index (κ2) is 7.82. The van der Waals surface area contributed by atoms with Gasteiger partial charge in [-0.2, -0.15) is 0 Å². The molecule has 2 heterocycles. The molecule has 0 amide bonds. The highest BCUT2D eigenvalue weighted by Crippen LogP contribution is 2.53. The Bertz CT molecular complexity index is 874. The molecule has 2 aliphatic heterocycles. The van der Waals surface area contributed by atoms with Crippen LogP contribution in [0.25, 0.3) is 11.1 Å². The number of benzene rings is 2. The van der Waals surface area contributed by atoms with Crippen LogP contribution < -0.4 is 23.7 Å². The molecule has 150 valence electrons. The quantitative estimate of drug-likeness (QED) is 0.757. The van der Waals surface area contributed by atoms with Gasteiger partial charge in [0.25, 0.3) is 0 Å². The summed E-state index contributed by atoms with van der Waals surface area (Å²) in [5.41, 5.74) is 4.19. The third-order valence-electron chi connectivity index (χ3n) is 5.81. The minimum atomic E-state index is 0.240. The molecule has 0 aromatic heterocycles. The van der Waals surface area contributed by atoms with E-state index in [2.05, 4.69) is 12.1 Å². The normalized spacial score (nSPS) is 17.8. The van der Waals surface area contributed by atoms with Gasteiger partial charge in [-0.15, -0.1) is 0 Å². The second-order valence-electron chi connectivity index (χ2n) is 7.34. The van der Waals surface area contributed by atoms with E-state index in [4.69, 9.17) is 23.7 Å². The zero-order valence-electron chi connectivity index (χ0n) is 17.1. The van der Waals surface area contributed by atoms with Gasteiger partial charge in [-0.1, -0.05) is 6.07 Å². The Labute approximate surface area is 166 Å². The molecule has 1 atom stereocenters. The van der Waals surface area contributed by atoms with E-state index in [0.29, 0.717) is 11.5 Å². The first-order valence-electron chi connectivity index (χ1n) is 9.90. The first-order valence-corrected chi connectivity index (χ1v) is 9.90. The predicted octanol–water partition coefficient (Wildman–Crippen LogP) is 4.81. The highest BCUT2D eigenvalue weighted by atomic mass is 16.5. The van der Waals surface area contributed by atoms with Crippen molar-refractivity contribution in [2.45, 2.75) is 44.6 Å². The van der Waals surface area contributed by atoms with Gasteiger partial charge in [-0.25, -0.2) is 0 Å². The van der Waals surface area contributed by atoms with Gasteiger partial charge >= 0.3 is 0 Å². The molecule has 2 aliphatic rings. The van der Waals surface area contributed by atoms with Gasteiger partial charge in [0.15, 0.2) is 11.5 Å². The average molecular weight is 384 g/mol. The third-order valence-corrected chi connectivity index (χ3v) is 5.81. The molecule has 5 nitrogen and oxygen atoms in total. The molecule has 5 heteroatoms. The average Bonchev–Trinajstić information content (AvgIpc) is 2.76. The van der Waals surface area contributed by atoms with E-state index in [-0.39, 0.29) is 6.10 Å². The minimum absolute atomic E-state index is 0.240. The lowest BCUT2D eigenvalue weighted by Gasteiger charge is -2.29. The van der Waals surface area contributed by atoms with Gasteiger partial charge in [0.05, 0.1) is 40.1 Å². The maximum Gasteiger partial charge on any atom is 0.204 e. The Morgan fingerprint density at radius 2 is 1.57 bits per heavy atom. The fourth-order valence-electron chi connectivity index (χ4n) is 4.46. The number of aryl methyl sites for hydroxylation is 2. The second-order valence-corrected chi connectivity index (χ2v) is 7.34. The molecular formula is C23H28O5. The van der Waals surface area contributed by atoms with E-state index in [1.165, 1.54) is 5.56 Å². The lowest BCUT2D eigenvalue weighted by atomic mass is 9.92. The number of methoxy groups -OCH3 is 4. The molecule has 2 aromatic rings. The SMILES string of the molecule is COc1ccc2c3c1-c1cc(c(OC)c(OC)c1OC)CCCC[C@@H](CC2)O3. The molecule has 0 saturated heterocycles. The van der Waals surface area contributed by atoms with Crippen molar-refractivity contribution in [1.29, 1.82) is 0 Å². The number of hydrogen-bond acceptors (Lipinski definition) is 5. The van der Waals surface area contributed by atoms with Crippen LogP contribution in [-0.4, -0.2) is 34.5 Å². The van der Waals surface area contributed by atoms with E-state index < -0.39 is 0 Å². The number of rotatable bonds is 4. The minimum Gasteiger partial charge on any atom is -0.496 e. The Kier molecular flexibility index (Phi) is 5.25. The zero-order chi connectivity index (χ0) is 19.7. The van der Waals surface area contributed by atoms with E-state index in [0.717, 1.165) is 72.5 Å². The van der Waals surface area contributed by atoms with Crippen LogP contribution in [0.5, 0.6) is 28.7 Å². The van der Waals surface area contributed by atoms with Gasteiger partial charge in [-0.05, 0) is 61.8 Å². The molecule has 28 heavy (non-hydrogen) atoms. The molecule has 4 rings (SSSR count). The topological polar surface area (TPSA) is 46.2 Å². The van der Waals surface area contributed by atoms with Crippen molar-refractivity contribution in [3.05, 3.63) is 29.3 Å². The molecule has 2 aromatic carbocycles. The highest BCUT2D eigenvalue weighted by molar-refractivity contribution is 5.86. The first-order chi connectivity index (χ1) is 13.7. The van der Waals surface area contributed by atoms with Gasteiger partial charge < -0.3 is 23.7 Å². The maximum atomic E-state index is 6.51. The summed E-state index contributed by atoms with van der Waals surface area (Å²) in [7, 11) is 6.68. The maximum absolute atomic E-state index is 6.51. The summed E-state index contributed by atoms with van der Waals surface area (Å²) in [6, 6.07) is 6.28. The molecule has 4 bridgehead atoms. The highest BCUT2D eigenvalue weighted by Gasteiger charge is 2.30. The van der Waals surface area contributed by atoms with Crippen LogP contribution in [0.4, 0.5) is 0 Å². The van der Waals surface area contributed by atoms with Crippen LogP contribution >= 0.6 is 0 Å². The zero-order valence-corrected chi connectivity index (χ0v) is 17.1. The summed E-state index contributed by atoms with van der Waals surface area (Å²) in [6.45, 7) is 0. The summed E-state index contributed by atoms with van der Waals surface area (Å²) < 4.78 is 29.5. The van der Waals surface area contributed by atoms with Gasteiger partial charge in [0.1, 0.15) is 11.5 Å². The van der Waals surface area contributed by atoms with Gasteiger partial charge in [0.2, 0.25) is 5.75 Å². The molecule has 0 N–H and O–H groups in total. The molecule has 0 unspecified atom stereocenters. The molecular weight excluding hydrogens is 356 g/mol. The van der Waals surface area contributed by atoms with Crippen LogP contribution in [-0.2, 0) is 12.8 Å². The largest absolute Gasteiger partial charge is 0.496 e. The van der Waals surface area contributed by atoms with Crippen LogP contribution in [0.1, 0.15) is 36.8 Å². The van der Waals surface area contributed by atoms with Crippen LogP contribution in [0.15, 0.2) is 18.2 Å². The van der Waals surface area contributed by atoms with E-state index >= 15 is 0 Å². The van der Waals surface area contributed by atoms with Crippen molar-refractivity contribution in [2.24, 2.45) is 0 Å². The van der Waals surface area contributed by atoms with Gasteiger partial charge in [0, 0.05) is 5.56 Å². The van der Waals surface area contributed by atoms with Crippen molar-refractivity contribution in [1.82, 2.24) is 0 Å². The predicted molar refractivity (Wildman–Crippen MR) is 108 cm³/mol. The Morgan fingerprint density at radius 1 is 0.786 bits per heavy atom. The van der Waals surface area contributed by atoms with E-state index in [1.54, 1.807) is 28.4 Å². The standard InChI is InChI=1S/C23H28O5/c1-24-18-12-10-14-9-11-16-8-6-5-7-15-13-17(19(18)20(14)28-16)22(26-3)23(27-4)21(15)25-2/h10,12-13,16H,5-9,11H2,1-4H3/t16-/m0/s1. The fourth-order valence-corrected chi connectivity index (χ4v) is 4.46. The van der Waals surface area contributed by atoms with Crippen LogP contribution in [0.3, 0.4) is 0 Å². The summed E-state index contributed by atoms with van der Waals surface area (Å²) >= 11 is 0.